The molecule has 0 aliphatic heterocycles. The summed E-state index contributed by atoms with van der Waals surface area (Å²) < 4.78 is 0. The van der Waals surface area contributed by atoms with E-state index in [4.69, 9.17) is 0 Å². The highest BCUT2D eigenvalue weighted by Crippen LogP contribution is 2.23. The van der Waals surface area contributed by atoms with Crippen molar-refractivity contribution in [2.75, 3.05) is 0 Å². The molecule has 0 aliphatic carbocycles. The van der Waals surface area contributed by atoms with Gasteiger partial charge in [-0.2, -0.15) is 0 Å². The second-order valence-electron chi connectivity index (χ2n) is 6.62. The van der Waals surface area contributed by atoms with Gasteiger partial charge in [-0.15, -0.1) is 0 Å². The number of hydrogen-bond acceptors (Lipinski definition) is 1. The van der Waals surface area contributed by atoms with Crippen molar-refractivity contribution in [1.82, 2.24) is 4.98 Å². The first-order valence-corrected chi connectivity index (χ1v) is 6.98. The number of nitrogens with one attached hydrogen (secondary N) is 1. The summed E-state index contributed by atoms with van der Waals surface area (Å²) in [7, 11) is 0. The smallest absolute Gasteiger partial charge is 0.197 e. The Morgan fingerprint density at radius 2 is 1.65 bits per heavy atom. The maximum Gasteiger partial charge on any atom is 0.197 e. The SMILES string of the molecule is CC(C)(C)Cc1ccc2[nH]c3ccccc3c(=O)c2c1. The zero-order chi connectivity index (χ0) is 14.3. The number of H-pyrrole nitrogens is 1. The summed E-state index contributed by atoms with van der Waals surface area (Å²) in [6.45, 7) is 6.63. The molecule has 2 aromatic carbocycles. The van der Waals surface area contributed by atoms with Crippen molar-refractivity contribution in [3.63, 3.8) is 0 Å². The summed E-state index contributed by atoms with van der Waals surface area (Å²) in [6.07, 6.45) is 0.967. The second-order valence-corrected chi connectivity index (χ2v) is 6.62. The van der Waals surface area contributed by atoms with Gasteiger partial charge in [-0.1, -0.05) is 39.0 Å². The summed E-state index contributed by atoms with van der Waals surface area (Å²) in [5.41, 5.74) is 3.35. The molecule has 102 valence electrons. The molecule has 0 bridgehead atoms. The van der Waals surface area contributed by atoms with Crippen LogP contribution in [0.2, 0.25) is 0 Å². The molecule has 0 atom stereocenters. The fraction of sp³-hybridized carbons (Fsp3) is 0.278. The third-order valence-electron chi connectivity index (χ3n) is 3.50. The standard InChI is InChI=1S/C18H19NO/c1-18(2,3)11-12-8-9-16-14(10-12)17(20)13-6-4-5-7-15(13)19-16/h4-10H,11H2,1-3H3,(H,19,20). The second kappa shape index (κ2) is 4.48. The quantitative estimate of drug-likeness (QED) is 0.655. The Bertz CT molecular complexity index is 837. The Balaban J connectivity index is 2.26. The number of aromatic amines is 1. The minimum atomic E-state index is 0.116. The van der Waals surface area contributed by atoms with Crippen LogP contribution >= 0.6 is 0 Å². The van der Waals surface area contributed by atoms with Crippen molar-refractivity contribution >= 4 is 21.8 Å². The predicted octanol–water partition coefficient (Wildman–Crippen LogP) is 4.27. The van der Waals surface area contributed by atoms with Crippen molar-refractivity contribution in [2.45, 2.75) is 27.2 Å². The number of aromatic nitrogens is 1. The van der Waals surface area contributed by atoms with Crippen molar-refractivity contribution in [3.05, 3.63) is 58.3 Å². The van der Waals surface area contributed by atoms with E-state index < -0.39 is 0 Å². The lowest BCUT2D eigenvalue weighted by molar-refractivity contribution is 0.411. The first-order chi connectivity index (χ1) is 9.44. The molecule has 1 heterocycles. The van der Waals surface area contributed by atoms with E-state index in [1.165, 1.54) is 5.56 Å². The van der Waals surface area contributed by atoms with Crippen molar-refractivity contribution < 1.29 is 0 Å². The fourth-order valence-electron chi connectivity index (χ4n) is 2.69. The molecule has 0 unspecified atom stereocenters. The van der Waals surface area contributed by atoms with Gasteiger partial charge in [-0.25, -0.2) is 0 Å². The van der Waals surface area contributed by atoms with Gasteiger partial charge >= 0.3 is 0 Å². The summed E-state index contributed by atoms with van der Waals surface area (Å²) in [5.74, 6) is 0. The van der Waals surface area contributed by atoms with Crippen LogP contribution < -0.4 is 5.43 Å². The Morgan fingerprint density at radius 1 is 0.950 bits per heavy atom. The van der Waals surface area contributed by atoms with Gasteiger partial charge in [-0.3, -0.25) is 4.79 Å². The molecule has 2 nitrogen and oxygen atoms in total. The lowest BCUT2D eigenvalue weighted by Gasteiger charge is -2.18. The molecular formula is C18H19NO. The number of hydrogen-bond donors (Lipinski definition) is 1. The van der Waals surface area contributed by atoms with Crippen molar-refractivity contribution in [3.8, 4) is 0 Å². The highest BCUT2D eigenvalue weighted by atomic mass is 16.1. The van der Waals surface area contributed by atoms with Crippen LogP contribution in [0.25, 0.3) is 21.8 Å². The maximum atomic E-state index is 12.6. The molecule has 20 heavy (non-hydrogen) atoms. The minimum Gasteiger partial charge on any atom is -0.354 e. The van der Waals surface area contributed by atoms with E-state index in [1.54, 1.807) is 0 Å². The molecule has 0 fully saturated rings. The van der Waals surface area contributed by atoms with Crippen LogP contribution in [0.5, 0.6) is 0 Å². The van der Waals surface area contributed by atoms with E-state index in [-0.39, 0.29) is 10.8 Å². The molecule has 0 saturated heterocycles. The largest absolute Gasteiger partial charge is 0.354 e. The third-order valence-corrected chi connectivity index (χ3v) is 3.50. The maximum absolute atomic E-state index is 12.6. The van der Waals surface area contributed by atoms with Crippen molar-refractivity contribution in [1.29, 1.82) is 0 Å². The summed E-state index contributed by atoms with van der Waals surface area (Å²) in [5, 5.41) is 1.54. The number of rotatable bonds is 1. The van der Waals surface area contributed by atoms with Gasteiger partial charge in [0.05, 0.1) is 0 Å². The van der Waals surface area contributed by atoms with E-state index in [0.717, 1.165) is 28.2 Å². The first-order valence-electron chi connectivity index (χ1n) is 6.98. The van der Waals surface area contributed by atoms with Crippen LogP contribution in [-0.4, -0.2) is 4.98 Å². The molecule has 0 radical (unpaired) electrons. The zero-order valence-corrected chi connectivity index (χ0v) is 12.2. The summed E-state index contributed by atoms with van der Waals surface area (Å²) in [4.78, 5) is 15.9. The zero-order valence-electron chi connectivity index (χ0n) is 12.2. The molecule has 0 saturated carbocycles. The van der Waals surface area contributed by atoms with Gasteiger partial charge in [-0.05, 0) is 41.7 Å². The Hall–Kier alpha value is -2.09. The van der Waals surface area contributed by atoms with Crippen LogP contribution in [0, 0.1) is 5.41 Å². The fourth-order valence-corrected chi connectivity index (χ4v) is 2.69. The Labute approximate surface area is 118 Å². The van der Waals surface area contributed by atoms with Crippen molar-refractivity contribution in [2.24, 2.45) is 5.41 Å². The van der Waals surface area contributed by atoms with Gasteiger partial charge in [0.1, 0.15) is 0 Å². The number of pyridine rings is 1. The lowest BCUT2D eigenvalue weighted by atomic mass is 9.88. The monoisotopic (exact) mass is 265 g/mol. The van der Waals surface area contributed by atoms with Gasteiger partial charge in [0, 0.05) is 21.8 Å². The number of fused-ring (bicyclic) bond motifs is 2. The molecule has 1 N–H and O–H groups in total. The average Bonchev–Trinajstić information content (AvgIpc) is 2.38. The molecule has 0 spiro atoms. The highest BCUT2D eigenvalue weighted by Gasteiger charge is 2.12. The minimum absolute atomic E-state index is 0.116. The molecule has 3 aromatic rings. The van der Waals surface area contributed by atoms with E-state index in [9.17, 15) is 4.79 Å². The van der Waals surface area contributed by atoms with Crippen LogP contribution in [0.3, 0.4) is 0 Å². The number of para-hydroxylation sites is 1. The van der Waals surface area contributed by atoms with Crippen LogP contribution in [0.1, 0.15) is 26.3 Å². The van der Waals surface area contributed by atoms with Crippen LogP contribution in [0.4, 0.5) is 0 Å². The van der Waals surface area contributed by atoms with Crippen LogP contribution in [0.15, 0.2) is 47.3 Å². The predicted molar refractivity (Wildman–Crippen MR) is 85.2 cm³/mol. The normalized spacial score (nSPS) is 12.2. The van der Waals surface area contributed by atoms with Gasteiger partial charge in [0.2, 0.25) is 0 Å². The summed E-state index contributed by atoms with van der Waals surface area (Å²) >= 11 is 0. The van der Waals surface area contributed by atoms with Gasteiger partial charge in [0.15, 0.2) is 5.43 Å². The Morgan fingerprint density at radius 3 is 2.40 bits per heavy atom. The van der Waals surface area contributed by atoms with E-state index in [2.05, 4.69) is 31.8 Å². The lowest BCUT2D eigenvalue weighted by Crippen LogP contribution is -2.10. The average molecular weight is 265 g/mol. The molecule has 0 amide bonds. The first kappa shape index (κ1) is 12.9. The van der Waals surface area contributed by atoms with Gasteiger partial charge < -0.3 is 4.98 Å². The highest BCUT2D eigenvalue weighted by molar-refractivity contribution is 5.92. The molecule has 3 rings (SSSR count). The number of benzene rings is 2. The van der Waals surface area contributed by atoms with Crippen LogP contribution in [-0.2, 0) is 6.42 Å². The van der Waals surface area contributed by atoms with Gasteiger partial charge in [0.25, 0.3) is 0 Å². The van der Waals surface area contributed by atoms with E-state index >= 15 is 0 Å². The van der Waals surface area contributed by atoms with E-state index in [0.29, 0.717) is 0 Å². The molecule has 1 aromatic heterocycles. The summed E-state index contributed by atoms with van der Waals surface area (Å²) in [6, 6.07) is 13.8. The topological polar surface area (TPSA) is 32.9 Å². The Kier molecular flexibility index (Phi) is 2.89. The third kappa shape index (κ3) is 2.34. The molecular weight excluding hydrogens is 246 g/mol. The van der Waals surface area contributed by atoms with E-state index in [1.807, 2.05) is 36.4 Å². The molecule has 0 aliphatic rings. The molecule has 2 heteroatoms.